The van der Waals surface area contributed by atoms with E-state index in [2.05, 4.69) is 4.74 Å². The Morgan fingerprint density at radius 3 is 1.34 bits per heavy atom. The lowest BCUT2D eigenvalue weighted by molar-refractivity contribution is 0.345. The molecule has 3 aromatic rings. The molecule has 0 aliphatic carbocycles. The number of halogens is 12. The van der Waals surface area contributed by atoms with Crippen LogP contribution < -0.4 is 10.5 Å². The molecule has 0 saturated heterocycles. The lowest BCUT2D eigenvalue weighted by atomic mass is 10.0. The van der Waals surface area contributed by atoms with Crippen molar-refractivity contribution < 1.29 is 57.4 Å². The van der Waals surface area contributed by atoms with Gasteiger partial charge in [-0.25, -0.2) is 39.5 Å². The van der Waals surface area contributed by atoms with Crippen molar-refractivity contribution in [3.63, 3.8) is 0 Å². The molecule has 0 fully saturated rings. The second-order valence-corrected chi connectivity index (χ2v) is 5.91. The van der Waals surface area contributed by atoms with Crippen molar-refractivity contribution >= 4 is 5.69 Å². The van der Waals surface area contributed by atoms with E-state index in [9.17, 15) is 52.7 Å². The third-order valence-corrected chi connectivity index (χ3v) is 4.06. The summed E-state index contributed by atoms with van der Waals surface area (Å²) in [5, 5.41) is 0. The molecule has 0 heterocycles. The first kappa shape index (κ1) is 23.1. The standard InChI is InChI=1S/C18H3F12NO/c19-5-2(4-7(21)10(24)12(26)11(25)8(4)22)1-3(6(20)9(5)23)32-18-15(29)13(27)17(31)14(28)16(18)30/h1H,31H2. The highest BCUT2D eigenvalue weighted by Gasteiger charge is 2.32. The SMILES string of the molecule is Nc1c(F)c(F)c(Oc2cc(-c3c(F)c(F)c(F)c(F)c3F)c(F)c(F)c2F)c(F)c1F. The van der Waals surface area contributed by atoms with Gasteiger partial charge < -0.3 is 10.5 Å². The summed E-state index contributed by atoms with van der Waals surface area (Å²) >= 11 is 0. The fourth-order valence-electron chi connectivity index (χ4n) is 2.51. The molecule has 2 nitrogen and oxygen atoms in total. The second kappa shape index (κ2) is 7.84. The Morgan fingerprint density at radius 2 is 0.875 bits per heavy atom. The molecule has 0 radical (unpaired) electrons. The third kappa shape index (κ3) is 3.26. The average Bonchev–Trinajstić information content (AvgIpc) is 2.77. The van der Waals surface area contributed by atoms with Gasteiger partial charge in [-0.15, -0.1) is 0 Å². The maximum atomic E-state index is 14.1. The van der Waals surface area contributed by atoms with Crippen molar-refractivity contribution in [3.8, 4) is 22.6 Å². The first-order valence-electron chi connectivity index (χ1n) is 7.79. The van der Waals surface area contributed by atoms with Crippen LogP contribution in [0.3, 0.4) is 0 Å². The molecule has 0 atom stereocenters. The van der Waals surface area contributed by atoms with Gasteiger partial charge in [0, 0.05) is 5.56 Å². The number of nitrogen functional groups attached to an aromatic ring is 1. The predicted molar refractivity (Wildman–Crippen MR) is 82.3 cm³/mol. The highest BCUT2D eigenvalue weighted by molar-refractivity contribution is 5.68. The van der Waals surface area contributed by atoms with Gasteiger partial charge in [0.05, 0.1) is 5.56 Å². The van der Waals surface area contributed by atoms with Gasteiger partial charge in [-0.3, -0.25) is 0 Å². The van der Waals surface area contributed by atoms with Crippen LogP contribution in [0, 0.1) is 69.8 Å². The molecule has 32 heavy (non-hydrogen) atoms. The van der Waals surface area contributed by atoms with E-state index in [4.69, 9.17) is 5.73 Å². The highest BCUT2D eigenvalue weighted by atomic mass is 19.2. The Labute approximate surface area is 168 Å². The maximum absolute atomic E-state index is 14.1. The van der Waals surface area contributed by atoms with E-state index in [1.54, 1.807) is 0 Å². The van der Waals surface area contributed by atoms with Crippen molar-refractivity contribution in [2.75, 3.05) is 5.73 Å². The summed E-state index contributed by atoms with van der Waals surface area (Å²) in [5.74, 6) is -33.9. The van der Waals surface area contributed by atoms with Gasteiger partial charge in [-0.2, -0.15) is 13.2 Å². The lowest BCUT2D eigenvalue weighted by Crippen LogP contribution is -2.08. The van der Waals surface area contributed by atoms with Crippen LogP contribution >= 0.6 is 0 Å². The zero-order valence-electron chi connectivity index (χ0n) is 14.6. The smallest absolute Gasteiger partial charge is 0.206 e. The quantitative estimate of drug-likeness (QED) is 0.205. The van der Waals surface area contributed by atoms with E-state index in [1.807, 2.05) is 0 Å². The first-order chi connectivity index (χ1) is 14.8. The second-order valence-electron chi connectivity index (χ2n) is 5.91. The van der Waals surface area contributed by atoms with Crippen molar-refractivity contribution in [1.29, 1.82) is 0 Å². The van der Waals surface area contributed by atoms with Crippen LogP contribution in [0.15, 0.2) is 6.07 Å². The Balaban J connectivity index is 2.31. The fraction of sp³-hybridized carbons (Fsp3) is 0. The van der Waals surface area contributed by atoms with E-state index in [-0.39, 0.29) is 6.07 Å². The van der Waals surface area contributed by atoms with E-state index in [0.29, 0.717) is 0 Å². The van der Waals surface area contributed by atoms with Gasteiger partial charge in [0.2, 0.25) is 29.0 Å². The van der Waals surface area contributed by atoms with Crippen molar-refractivity contribution in [2.24, 2.45) is 0 Å². The van der Waals surface area contributed by atoms with Crippen LogP contribution in [-0.2, 0) is 0 Å². The Kier molecular flexibility index (Phi) is 5.65. The zero-order valence-corrected chi connectivity index (χ0v) is 14.6. The van der Waals surface area contributed by atoms with E-state index in [0.717, 1.165) is 0 Å². The van der Waals surface area contributed by atoms with Crippen LogP contribution in [0.5, 0.6) is 11.5 Å². The van der Waals surface area contributed by atoms with Gasteiger partial charge in [-0.05, 0) is 6.07 Å². The summed E-state index contributed by atoms with van der Waals surface area (Å²) in [4.78, 5) is 0. The van der Waals surface area contributed by atoms with Crippen molar-refractivity contribution in [3.05, 3.63) is 75.9 Å². The molecule has 0 unspecified atom stereocenters. The number of benzene rings is 3. The summed E-state index contributed by atoms with van der Waals surface area (Å²) in [5.41, 5.74) is -0.870. The topological polar surface area (TPSA) is 35.2 Å². The number of hydrogen-bond acceptors (Lipinski definition) is 2. The maximum Gasteiger partial charge on any atom is 0.206 e. The van der Waals surface area contributed by atoms with E-state index < -0.39 is 98.1 Å². The molecule has 0 amide bonds. The zero-order chi connectivity index (χ0) is 24.2. The van der Waals surface area contributed by atoms with Gasteiger partial charge in [0.25, 0.3) is 0 Å². The minimum absolute atomic E-state index is 0.253. The molecule has 0 aromatic heterocycles. The third-order valence-electron chi connectivity index (χ3n) is 4.06. The summed E-state index contributed by atoms with van der Waals surface area (Å²) < 4.78 is 169. The monoisotopic (exact) mass is 477 g/mol. The lowest BCUT2D eigenvalue weighted by Gasteiger charge is -2.15. The Bertz CT molecular complexity index is 1230. The molecular weight excluding hydrogens is 474 g/mol. The van der Waals surface area contributed by atoms with Gasteiger partial charge in [0.1, 0.15) is 5.69 Å². The molecule has 3 aromatic carbocycles. The van der Waals surface area contributed by atoms with E-state index in [1.165, 1.54) is 0 Å². The van der Waals surface area contributed by atoms with Gasteiger partial charge in [0.15, 0.2) is 52.3 Å². The number of hydrogen-bond donors (Lipinski definition) is 1. The number of rotatable bonds is 3. The number of anilines is 1. The summed E-state index contributed by atoms with van der Waals surface area (Å²) in [7, 11) is 0. The number of nitrogens with two attached hydrogens (primary N) is 1. The normalized spacial score (nSPS) is 11.2. The summed E-state index contributed by atoms with van der Waals surface area (Å²) in [6.45, 7) is 0. The van der Waals surface area contributed by atoms with Crippen LogP contribution in [0.4, 0.5) is 58.4 Å². The van der Waals surface area contributed by atoms with Crippen molar-refractivity contribution in [2.45, 2.75) is 0 Å². The minimum atomic E-state index is -2.68. The number of ether oxygens (including phenoxy) is 1. The molecule has 3 rings (SSSR count). The molecule has 2 N–H and O–H groups in total. The molecule has 0 aliphatic heterocycles. The Morgan fingerprint density at radius 1 is 0.469 bits per heavy atom. The summed E-state index contributed by atoms with van der Waals surface area (Å²) in [6.07, 6.45) is 0. The first-order valence-corrected chi connectivity index (χ1v) is 7.79. The minimum Gasteiger partial charge on any atom is -0.448 e. The predicted octanol–water partition coefficient (Wildman–Crippen LogP) is 6.40. The molecular formula is C18H3F12NO. The van der Waals surface area contributed by atoms with Crippen LogP contribution in [0.2, 0.25) is 0 Å². The molecule has 0 aliphatic rings. The van der Waals surface area contributed by atoms with E-state index >= 15 is 0 Å². The fourth-order valence-corrected chi connectivity index (χ4v) is 2.51. The Hall–Kier alpha value is -3.58. The molecule has 0 spiro atoms. The van der Waals surface area contributed by atoms with Gasteiger partial charge >= 0.3 is 0 Å². The van der Waals surface area contributed by atoms with Crippen LogP contribution in [0.1, 0.15) is 0 Å². The van der Waals surface area contributed by atoms with Crippen molar-refractivity contribution in [1.82, 2.24) is 0 Å². The molecule has 170 valence electrons. The largest absolute Gasteiger partial charge is 0.448 e. The van der Waals surface area contributed by atoms with Gasteiger partial charge in [-0.1, -0.05) is 0 Å². The molecule has 14 heteroatoms. The van der Waals surface area contributed by atoms with Crippen LogP contribution in [0.25, 0.3) is 11.1 Å². The van der Waals surface area contributed by atoms with Crippen LogP contribution in [-0.4, -0.2) is 0 Å². The average molecular weight is 477 g/mol. The molecule has 0 saturated carbocycles. The molecule has 0 bridgehead atoms. The highest BCUT2D eigenvalue weighted by Crippen LogP contribution is 2.40. The summed E-state index contributed by atoms with van der Waals surface area (Å²) in [6, 6.07) is -0.253.